The maximum atomic E-state index is 13.9. The Balaban J connectivity index is 0.00000256. The lowest BCUT2D eigenvalue weighted by atomic mass is 9.81. The van der Waals surface area contributed by atoms with Gasteiger partial charge in [-0.25, -0.2) is 9.18 Å². The predicted octanol–water partition coefficient (Wildman–Crippen LogP) is 3.22. The van der Waals surface area contributed by atoms with Crippen molar-refractivity contribution >= 4 is 12.0 Å². The number of rotatable bonds is 3. The molecule has 4 rings (SSSR count). The Labute approximate surface area is 172 Å². The van der Waals surface area contributed by atoms with E-state index in [2.05, 4.69) is 10.2 Å². The van der Waals surface area contributed by atoms with Gasteiger partial charge in [0, 0.05) is 39.4 Å². The van der Waals surface area contributed by atoms with Crippen LogP contribution in [0.3, 0.4) is 0 Å². The third-order valence-electron chi connectivity index (χ3n) is 6.82. The molecule has 0 aromatic heterocycles. The number of hydrogen-bond donors (Lipinski definition) is 1. The number of hydrogen-bond acceptors (Lipinski definition) is 4. The number of fused-ring (bicyclic) bond motifs is 2. The maximum absolute atomic E-state index is 13.9. The van der Waals surface area contributed by atoms with Crippen molar-refractivity contribution < 1.29 is 20.1 Å². The Morgan fingerprint density at radius 1 is 1.31 bits per heavy atom. The number of piperidine rings is 1. The summed E-state index contributed by atoms with van der Waals surface area (Å²) in [6.45, 7) is 7.12. The lowest BCUT2D eigenvalue weighted by Crippen LogP contribution is -2.47. The van der Waals surface area contributed by atoms with Crippen LogP contribution >= 0.6 is 0 Å². The molecule has 160 valence electrons. The van der Waals surface area contributed by atoms with Crippen LogP contribution in [0.25, 0.3) is 0 Å². The topological polar surface area (TPSA) is 61.9 Å². The highest BCUT2D eigenvalue weighted by Gasteiger charge is 2.49. The Morgan fingerprint density at radius 3 is 2.76 bits per heavy atom. The number of nitrogens with one attached hydrogen (secondary N) is 1. The molecule has 0 saturated carbocycles. The van der Waals surface area contributed by atoms with Gasteiger partial charge in [0.05, 0.1) is 12.6 Å². The van der Waals surface area contributed by atoms with Crippen LogP contribution in [0.1, 0.15) is 58.1 Å². The van der Waals surface area contributed by atoms with Crippen molar-refractivity contribution in [2.75, 3.05) is 32.8 Å². The van der Waals surface area contributed by atoms with E-state index in [1.807, 2.05) is 13.0 Å². The average molecular weight is 406 g/mol. The Hall–Kier alpha value is -2.15. The smallest absolute Gasteiger partial charge is 0.409 e. The van der Waals surface area contributed by atoms with Gasteiger partial charge in [-0.3, -0.25) is 9.69 Å². The lowest BCUT2D eigenvalue weighted by molar-refractivity contribution is -0.119. The van der Waals surface area contributed by atoms with E-state index in [4.69, 9.17) is 4.74 Å². The van der Waals surface area contributed by atoms with Crippen LogP contribution < -0.4 is 5.32 Å². The van der Waals surface area contributed by atoms with Gasteiger partial charge in [0.25, 0.3) is 0 Å². The van der Waals surface area contributed by atoms with E-state index in [9.17, 15) is 14.0 Å². The molecule has 2 aliphatic heterocycles. The van der Waals surface area contributed by atoms with E-state index in [-0.39, 0.29) is 30.7 Å². The van der Waals surface area contributed by atoms with Gasteiger partial charge < -0.3 is 15.0 Å². The monoisotopic (exact) mass is 405 g/mol. The lowest BCUT2D eigenvalue weighted by Gasteiger charge is -2.37. The summed E-state index contributed by atoms with van der Waals surface area (Å²) in [5, 5.41) is 3.02. The molecule has 1 unspecified atom stereocenters. The Bertz CT molecular complexity index is 800. The first-order valence-electron chi connectivity index (χ1n) is 10.6. The van der Waals surface area contributed by atoms with E-state index < -0.39 is 0 Å². The SMILES string of the molecule is CCOC(=O)N1CCC(N2CCC3(C[C@H](NC(C)=O)c4cc(F)ccc43)C2)CC1.[HH]. The standard InChI is InChI=1S/C22H30FN3O3.H2/c1-3-29-21(28)25-9-6-17(7-10-25)26-11-8-22(14-26)13-20(24-15(2)27)18-12-16(23)4-5-19(18)22;/h4-5,12,17,20H,3,6-11,13-14H2,1-2H3,(H,24,27);1H/t20-,22?;/m0./s1. The van der Waals surface area contributed by atoms with E-state index in [0.717, 1.165) is 57.4 Å². The van der Waals surface area contributed by atoms with Crippen LogP contribution in [-0.4, -0.2) is 60.6 Å². The number of ether oxygens (including phenoxy) is 1. The second kappa shape index (κ2) is 7.94. The van der Waals surface area contributed by atoms with Crippen LogP contribution in [0.5, 0.6) is 0 Å². The zero-order valence-corrected chi connectivity index (χ0v) is 17.2. The van der Waals surface area contributed by atoms with Crippen LogP contribution in [0, 0.1) is 5.82 Å². The molecular formula is C22H32FN3O3. The molecule has 1 aromatic rings. The number of carbonyl (C=O) groups excluding carboxylic acids is 2. The summed E-state index contributed by atoms with van der Waals surface area (Å²) in [6, 6.07) is 5.37. The third-order valence-corrected chi connectivity index (χ3v) is 6.82. The first kappa shape index (κ1) is 20.1. The van der Waals surface area contributed by atoms with Gasteiger partial charge in [-0.1, -0.05) is 6.07 Å². The van der Waals surface area contributed by atoms with Crippen molar-refractivity contribution in [3.8, 4) is 0 Å². The molecule has 1 spiro atoms. The highest BCUT2D eigenvalue weighted by molar-refractivity contribution is 5.74. The van der Waals surface area contributed by atoms with Gasteiger partial charge in [0.2, 0.25) is 5.91 Å². The zero-order chi connectivity index (χ0) is 20.6. The Kier molecular flexibility index (Phi) is 5.51. The van der Waals surface area contributed by atoms with E-state index in [1.165, 1.54) is 18.6 Å². The summed E-state index contributed by atoms with van der Waals surface area (Å²) in [5.41, 5.74) is 2.08. The molecule has 3 aliphatic rings. The van der Waals surface area contributed by atoms with Crippen LogP contribution in [0.4, 0.5) is 9.18 Å². The highest BCUT2D eigenvalue weighted by atomic mass is 19.1. The van der Waals surface area contributed by atoms with Crippen LogP contribution in [0.15, 0.2) is 18.2 Å². The van der Waals surface area contributed by atoms with Gasteiger partial charge in [-0.2, -0.15) is 0 Å². The summed E-state index contributed by atoms with van der Waals surface area (Å²) < 4.78 is 19.0. The van der Waals surface area contributed by atoms with Crippen molar-refractivity contribution in [3.63, 3.8) is 0 Å². The number of carbonyl (C=O) groups is 2. The maximum Gasteiger partial charge on any atom is 0.409 e. The molecule has 2 saturated heterocycles. The van der Waals surface area contributed by atoms with Crippen molar-refractivity contribution in [2.24, 2.45) is 0 Å². The fraction of sp³-hybridized carbons (Fsp3) is 0.636. The van der Waals surface area contributed by atoms with Crippen molar-refractivity contribution in [1.29, 1.82) is 0 Å². The molecule has 6 nitrogen and oxygen atoms in total. The third kappa shape index (κ3) is 3.84. The summed E-state index contributed by atoms with van der Waals surface area (Å²) in [4.78, 5) is 28.0. The van der Waals surface area contributed by atoms with Gasteiger partial charge >= 0.3 is 6.09 Å². The molecule has 2 fully saturated rings. The minimum Gasteiger partial charge on any atom is -0.450 e. The fourth-order valence-corrected chi connectivity index (χ4v) is 5.52. The average Bonchev–Trinajstić information content (AvgIpc) is 3.24. The van der Waals surface area contributed by atoms with Crippen molar-refractivity contribution in [3.05, 3.63) is 35.1 Å². The largest absolute Gasteiger partial charge is 0.450 e. The van der Waals surface area contributed by atoms with E-state index in [0.29, 0.717) is 12.6 Å². The second-order valence-electron chi connectivity index (χ2n) is 8.61. The van der Waals surface area contributed by atoms with Crippen LogP contribution in [-0.2, 0) is 14.9 Å². The summed E-state index contributed by atoms with van der Waals surface area (Å²) in [5.74, 6) is -0.333. The number of amides is 2. The molecule has 2 heterocycles. The van der Waals surface area contributed by atoms with Crippen molar-refractivity contribution in [2.45, 2.75) is 57.0 Å². The van der Waals surface area contributed by atoms with Gasteiger partial charge in [-0.05, 0) is 62.4 Å². The molecule has 7 heteroatoms. The summed E-state index contributed by atoms with van der Waals surface area (Å²) >= 11 is 0. The number of nitrogens with zero attached hydrogens (tertiary/aromatic N) is 2. The zero-order valence-electron chi connectivity index (χ0n) is 17.2. The minimum atomic E-state index is -0.252. The molecule has 2 atom stereocenters. The van der Waals surface area contributed by atoms with Crippen LogP contribution in [0.2, 0.25) is 0 Å². The van der Waals surface area contributed by atoms with Crippen molar-refractivity contribution in [1.82, 2.24) is 15.1 Å². The fourth-order valence-electron chi connectivity index (χ4n) is 5.52. The molecule has 1 aliphatic carbocycles. The second-order valence-corrected chi connectivity index (χ2v) is 8.61. The van der Waals surface area contributed by atoms with E-state index in [1.54, 1.807) is 11.0 Å². The van der Waals surface area contributed by atoms with Gasteiger partial charge in [0.1, 0.15) is 5.82 Å². The van der Waals surface area contributed by atoms with Gasteiger partial charge in [0.15, 0.2) is 0 Å². The molecule has 29 heavy (non-hydrogen) atoms. The number of halogens is 1. The summed E-state index contributed by atoms with van der Waals surface area (Å²) in [7, 11) is 0. The quantitative estimate of drug-likeness (QED) is 0.839. The first-order chi connectivity index (χ1) is 13.9. The highest BCUT2D eigenvalue weighted by Crippen LogP contribution is 2.51. The first-order valence-corrected chi connectivity index (χ1v) is 10.6. The van der Waals surface area contributed by atoms with Gasteiger partial charge in [-0.15, -0.1) is 0 Å². The summed E-state index contributed by atoms with van der Waals surface area (Å²) in [6.07, 6.45) is 3.51. The molecule has 1 N–H and O–H groups in total. The molecular weight excluding hydrogens is 373 g/mol. The Morgan fingerprint density at radius 2 is 2.07 bits per heavy atom. The number of likely N-dealkylation sites (tertiary alicyclic amines) is 2. The minimum absolute atomic E-state index is 0. The molecule has 1 aromatic carbocycles. The molecule has 0 radical (unpaired) electrons. The normalized spacial score (nSPS) is 27.3. The number of benzene rings is 1. The molecule has 0 bridgehead atoms. The molecule has 2 amide bonds. The predicted molar refractivity (Wildman–Crippen MR) is 109 cm³/mol. The van der Waals surface area contributed by atoms with E-state index >= 15 is 0 Å².